The molecule has 0 fully saturated rings. The van der Waals surface area contributed by atoms with E-state index >= 15 is 0 Å². The van der Waals surface area contributed by atoms with Crippen molar-refractivity contribution in [2.75, 3.05) is 0 Å². The van der Waals surface area contributed by atoms with Gasteiger partial charge in [0.2, 0.25) is 0 Å². The first-order valence-electron chi connectivity index (χ1n) is 0.204. The normalized spacial score (nSPS) is 0.750. The molecule has 1 nitrogen and oxygen atoms in total. The van der Waals surface area contributed by atoms with Gasteiger partial charge in [0.05, 0.1) is 0 Å². The molecule has 4 heavy (non-hydrogen) atoms. The maximum atomic E-state index is 8.25. The molecule has 0 aliphatic rings. The molecular formula is H2BaCrOTi. The van der Waals surface area contributed by atoms with Crippen molar-refractivity contribution in [2.24, 2.45) is 0 Å². The molecule has 0 N–H and O–H groups in total. The summed E-state index contributed by atoms with van der Waals surface area (Å²) >= 11 is 0.750. The second-order valence-electron chi connectivity index (χ2n) is 0. The van der Waals surface area contributed by atoms with Gasteiger partial charge >= 0.3 is 72.6 Å². The third-order valence-electron chi connectivity index (χ3n) is 0. The minimum atomic E-state index is 0. The van der Waals surface area contributed by atoms with Crippen molar-refractivity contribution < 1.29 is 41.1 Å². The van der Waals surface area contributed by atoms with Crippen LogP contribution in [0.5, 0.6) is 0 Å². The van der Waals surface area contributed by atoms with Crippen LogP contribution < -0.4 is 0 Å². The molecule has 0 rings (SSSR count). The number of rotatable bonds is 0. The third kappa shape index (κ3) is 8.82. The molecule has 0 aliphatic heterocycles. The van der Waals surface area contributed by atoms with E-state index in [4.69, 9.17) is 3.32 Å². The molecule has 0 amide bonds. The second kappa shape index (κ2) is 17.5. The summed E-state index contributed by atoms with van der Waals surface area (Å²) in [5.41, 5.74) is 0. The second-order valence-corrected chi connectivity index (χ2v) is 0. The topological polar surface area (TPSA) is 17.1 Å². The van der Waals surface area contributed by atoms with Crippen LogP contribution in [0.3, 0.4) is 0 Å². The first-order chi connectivity index (χ1) is 1.00. The van der Waals surface area contributed by atoms with Crippen LogP contribution in [-0.2, 0) is 41.1 Å². The van der Waals surface area contributed by atoms with Gasteiger partial charge in [0, 0.05) is 17.4 Å². The monoisotopic (exact) mass is 256 g/mol. The van der Waals surface area contributed by atoms with Gasteiger partial charge in [-0.15, -0.1) is 0 Å². The van der Waals surface area contributed by atoms with Crippen molar-refractivity contribution >= 4 is 48.9 Å². The molecule has 0 radical (unpaired) electrons. The predicted molar refractivity (Wildman–Crippen MR) is 9.23 cm³/mol. The summed E-state index contributed by atoms with van der Waals surface area (Å²) < 4.78 is 8.25. The Balaban J connectivity index is -0.00000000500. The molecule has 4 heteroatoms. The van der Waals surface area contributed by atoms with Crippen LogP contribution in [0.1, 0.15) is 0 Å². The Hall–Kier alpha value is 2.62. The van der Waals surface area contributed by atoms with Gasteiger partial charge in [0.15, 0.2) is 0 Å². The first-order valence-corrected chi connectivity index (χ1v) is 0.842. The Labute approximate surface area is 87.8 Å². The molecule has 0 aromatic rings. The molecule has 0 aromatic heterocycles. The van der Waals surface area contributed by atoms with Crippen LogP contribution in [-0.4, -0.2) is 48.9 Å². The van der Waals surface area contributed by atoms with Crippen molar-refractivity contribution in [1.29, 1.82) is 0 Å². The van der Waals surface area contributed by atoms with Crippen LogP contribution in [0.25, 0.3) is 0 Å². The fourth-order valence-corrected chi connectivity index (χ4v) is 0. The van der Waals surface area contributed by atoms with E-state index in [0.29, 0.717) is 0 Å². The summed E-state index contributed by atoms with van der Waals surface area (Å²) in [4.78, 5) is 0. The van der Waals surface area contributed by atoms with Gasteiger partial charge in [-0.2, -0.15) is 0 Å². The predicted octanol–water partition coefficient (Wildman–Crippen LogP) is -1.04. The zero-order chi connectivity index (χ0) is 2.00. The van der Waals surface area contributed by atoms with Crippen LogP contribution in [0.2, 0.25) is 0 Å². The molecule has 0 heterocycles. The van der Waals surface area contributed by atoms with E-state index in [2.05, 4.69) is 0 Å². The Bertz CT molecular complexity index is 8.00. The van der Waals surface area contributed by atoms with Gasteiger partial charge < -0.3 is 0 Å². The van der Waals surface area contributed by atoms with Crippen molar-refractivity contribution in [1.82, 2.24) is 0 Å². The van der Waals surface area contributed by atoms with Gasteiger partial charge in [-0.3, -0.25) is 0 Å². The third-order valence-corrected chi connectivity index (χ3v) is 0. The number of hydrogen-bond acceptors (Lipinski definition) is 1. The Morgan fingerprint density at radius 3 is 1.25 bits per heavy atom. The average molecular weight is 255 g/mol. The minimum absolute atomic E-state index is 0. The molecule has 0 aliphatic carbocycles. The fourth-order valence-electron chi connectivity index (χ4n) is 0. The summed E-state index contributed by atoms with van der Waals surface area (Å²) in [6, 6.07) is 0. The standard InChI is InChI=1S/Ba.Cr.O.Ti.2H. The van der Waals surface area contributed by atoms with E-state index in [9.17, 15) is 0 Å². The molecule has 0 bridgehead atoms. The summed E-state index contributed by atoms with van der Waals surface area (Å²) in [5.74, 6) is 0. The SMILES string of the molecule is [BaH2].[Cr].[O]=[Ti]. The van der Waals surface area contributed by atoms with Crippen molar-refractivity contribution in [3.05, 3.63) is 0 Å². The molecule has 0 saturated carbocycles. The Kier molecular flexibility index (Phi) is 69.7. The van der Waals surface area contributed by atoms with Crippen LogP contribution in [0.15, 0.2) is 0 Å². The fraction of sp³-hybridized carbons (Fsp3) is 0. The van der Waals surface area contributed by atoms with E-state index in [-0.39, 0.29) is 66.2 Å². The van der Waals surface area contributed by atoms with Gasteiger partial charge in [-0.1, -0.05) is 0 Å². The number of hydrogen-bond donors (Lipinski definition) is 0. The van der Waals surface area contributed by atoms with E-state index in [1.165, 1.54) is 0 Å². The van der Waals surface area contributed by atoms with Crippen molar-refractivity contribution in [3.63, 3.8) is 0 Å². The van der Waals surface area contributed by atoms with Crippen molar-refractivity contribution in [3.8, 4) is 0 Å². The summed E-state index contributed by atoms with van der Waals surface area (Å²) in [7, 11) is 0. The van der Waals surface area contributed by atoms with E-state index < -0.39 is 0 Å². The summed E-state index contributed by atoms with van der Waals surface area (Å²) in [6.07, 6.45) is 0. The Morgan fingerprint density at radius 2 is 1.25 bits per heavy atom. The summed E-state index contributed by atoms with van der Waals surface area (Å²) in [6.45, 7) is 0. The Morgan fingerprint density at radius 1 is 1.25 bits per heavy atom. The van der Waals surface area contributed by atoms with Crippen LogP contribution in [0.4, 0.5) is 0 Å². The molecule has 0 spiro atoms. The molecule has 0 aromatic carbocycles. The molecule has 20 valence electrons. The van der Waals surface area contributed by atoms with Gasteiger partial charge in [-0.25, -0.2) is 0 Å². The van der Waals surface area contributed by atoms with Gasteiger partial charge in [0.1, 0.15) is 0 Å². The molecule has 0 atom stereocenters. The van der Waals surface area contributed by atoms with Crippen molar-refractivity contribution in [2.45, 2.75) is 0 Å². The van der Waals surface area contributed by atoms with E-state index in [1.54, 1.807) is 0 Å². The van der Waals surface area contributed by atoms with E-state index in [0.717, 1.165) is 20.4 Å². The van der Waals surface area contributed by atoms with Crippen LogP contribution >= 0.6 is 0 Å². The first kappa shape index (κ1) is 16.0. The molecule has 0 unspecified atom stereocenters. The van der Waals surface area contributed by atoms with Gasteiger partial charge in [-0.05, 0) is 0 Å². The molecular weight excluding hydrogens is 253 g/mol. The zero-order valence-electron chi connectivity index (χ0n) is 1.32. The zero-order valence-corrected chi connectivity index (χ0v) is 4.15. The molecule has 0 saturated heterocycles. The average Bonchev–Trinajstić information content (AvgIpc) is 1.00. The van der Waals surface area contributed by atoms with E-state index in [1.807, 2.05) is 0 Å². The van der Waals surface area contributed by atoms with Gasteiger partial charge in [0.25, 0.3) is 0 Å². The quantitative estimate of drug-likeness (QED) is 0.505. The summed E-state index contributed by atoms with van der Waals surface area (Å²) in [5, 5.41) is 0. The maximum absolute atomic E-state index is 8.25. The van der Waals surface area contributed by atoms with Crippen LogP contribution in [0, 0.1) is 0 Å².